The van der Waals surface area contributed by atoms with Gasteiger partial charge < -0.3 is 14.6 Å². The molecule has 1 saturated carbocycles. The van der Waals surface area contributed by atoms with Gasteiger partial charge in [0.25, 0.3) is 0 Å². The number of hydrogen-bond acceptors (Lipinski definition) is 6. The lowest BCUT2D eigenvalue weighted by Crippen LogP contribution is -2.56. The summed E-state index contributed by atoms with van der Waals surface area (Å²) in [7, 11) is -1.54. The summed E-state index contributed by atoms with van der Waals surface area (Å²) in [6.45, 7) is 2.80. The van der Waals surface area contributed by atoms with Crippen LogP contribution in [0.1, 0.15) is 18.7 Å². The first-order valence-electron chi connectivity index (χ1n) is 8.98. The van der Waals surface area contributed by atoms with Crippen LogP contribution in [0.3, 0.4) is 0 Å². The number of ether oxygens (including phenoxy) is 1. The molecule has 146 valence electrons. The summed E-state index contributed by atoms with van der Waals surface area (Å²) in [5, 5.41) is 11.0. The minimum Gasteiger partial charge on any atom is -0.383 e. The summed E-state index contributed by atoms with van der Waals surface area (Å²) in [4.78, 5) is 12.5. The maximum atomic E-state index is 12.5. The largest absolute Gasteiger partial charge is 0.383 e. The molecule has 3 atom stereocenters. The third-order valence-corrected chi connectivity index (χ3v) is 6.80. The molecule has 1 aliphatic carbocycles. The number of carbonyl (C=O) groups excluding carboxylic acids is 1. The molecule has 1 aromatic heterocycles. The third-order valence-electron chi connectivity index (χ3n) is 5.53. The fourth-order valence-corrected chi connectivity index (χ4v) is 4.81. The highest BCUT2D eigenvalue weighted by molar-refractivity contribution is 7.88. The van der Waals surface area contributed by atoms with Crippen LogP contribution in [0.25, 0.3) is 0 Å². The molecule has 1 N–H and O–H groups in total. The van der Waals surface area contributed by atoms with Gasteiger partial charge in [0.15, 0.2) is 0 Å². The first-order valence-corrected chi connectivity index (χ1v) is 10.8. The molecule has 0 aromatic carbocycles. The van der Waals surface area contributed by atoms with E-state index in [9.17, 15) is 13.2 Å². The van der Waals surface area contributed by atoms with E-state index >= 15 is 0 Å². The molecule has 1 saturated heterocycles. The Labute approximate surface area is 154 Å². The standard InChI is InChI=1S/C16H27N5O4S/c1-25-8-7-20-11-18-19-15(20)3-5-17-16(22)13-9-12-4-6-21(10-14(12)13)26(2,23)24/h11-14H,3-10H2,1-2H3,(H,17,22)/t12-,13-,14-/m1/s1. The second kappa shape index (κ2) is 8.01. The van der Waals surface area contributed by atoms with E-state index in [1.54, 1.807) is 13.4 Å². The van der Waals surface area contributed by atoms with Crippen molar-refractivity contribution < 1.29 is 17.9 Å². The van der Waals surface area contributed by atoms with Gasteiger partial charge in [-0.2, -0.15) is 0 Å². The number of fused-ring (bicyclic) bond motifs is 1. The number of rotatable bonds is 8. The maximum Gasteiger partial charge on any atom is 0.223 e. The number of piperidine rings is 1. The summed E-state index contributed by atoms with van der Waals surface area (Å²) >= 11 is 0. The lowest BCUT2D eigenvalue weighted by atomic mass is 9.61. The molecule has 3 rings (SSSR count). The van der Waals surface area contributed by atoms with E-state index in [-0.39, 0.29) is 17.7 Å². The Balaban J connectivity index is 1.47. The zero-order valence-corrected chi connectivity index (χ0v) is 16.1. The van der Waals surface area contributed by atoms with Crippen LogP contribution in [0.2, 0.25) is 0 Å². The summed E-state index contributed by atoms with van der Waals surface area (Å²) < 4.78 is 32.0. The predicted octanol–water partition coefficient (Wildman–Crippen LogP) is -0.499. The van der Waals surface area contributed by atoms with E-state index < -0.39 is 10.0 Å². The van der Waals surface area contributed by atoms with E-state index in [1.807, 2.05) is 4.57 Å². The van der Waals surface area contributed by atoms with E-state index in [1.165, 1.54) is 10.6 Å². The minimum atomic E-state index is -3.18. The van der Waals surface area contributed by atoms with Gasteiger partial charge in [0, 0.05) is 45.6 Å². The molecule has 26 heavy (non-hydrogen) atoms. The molecule has 1 amide bonds. The van der Waals surface area contributed by atoms with Gasteiger partial charge >= 0.3 is 0 Å². The average Bonchev–Trinajstić information content (AvgIpc) is 3.00. The fraction of sp³-hybridized carbons (Fsp3) is 0.812. The van der Waals surface area contributed by atoms with Crippen molar-refractivity contribution >= 4 is 15.9 Å². The first kappa shape index (κ1) is 19.2. The number of hydrogen-bond donors (Lipinski definition) is 1. The van der Waals surface area contributed by atoms with Crippen LogP contribution in [-0.4, -0.2) is 73.0 Å². The summed E-state index contributed by atoms with van der Waals surface area (Å²) in [5.41, 5.74) is 0. The Hall–Kier alpha value is -1.52. The van der Waals surface area contributed by atoms with Crippen molar-refractivity contribution in [1.29, 1.82) is 0 Å². The molecule has 2 aliphatic rings. The summed E-state index contributed by atoms with van der Waals surface area (Å²) in [6, 6.07) is 0. The molecule has 2 fully saturated rings. The van der Waals surface area contributed by atoms with Crippen LogP contribution in [-0.2, 0) is 32.5 Å². The lowest BCUT2D eigenvalue weighted by molar-refractivity contribution is -0.135. The quantitative estimate of drug-likeness (QED) is 0.647. The molecule has 2 heterocycles. The van der Waals surface area contributed by atoms with Gasteiger partial charge in [0.2, 0.25) is 15.9 Å². The van der Waals surface area contributed by atoms with E-state index in [0.717, 1.165) is 18.7 Å². The number of amides is 1. The van der Waals surface area contributed by atoms with Gasteiger partial charge in [-0.3, -0.25) is 4.79 Å². The summed E-state index contributed by atoms with van der Waals surface area (Å²) in [5.74, 6) is 1.36. The van der Waals surface area contributed by atoms with Crippen LogP contribution >= 0.6 is 0 Å². The van der Waals surface area contributed by atoms with Crippen molar-refractivity contribution in [3.05, 3.63) is 12.2 Å². The maximum absolute atomic E-state index is 12.5. The number of methoxy groups -OCH3 is 1. The normalized spacial score (nSPS) is 26.2. The van der Waals surface area contributed by atoms with Gasteiger partial charge in [0.05, 0.1) is 12.9 Å². The zero-order valence-electron chi connectivity index (χ0n) is 15.3. The van der Waals surface area contributed by atoms with Crippen molar-refractivity contribution in [3.63, 3.8) is 0 Å². The van der Waals surface area contributed by atoms with Crippen LogP contribution in [0.5, 0.6) is 0 Å². The van der Waals surface area contributed by atoms with E-state index in [4.69, 9.17) is 4.74 Å². The Morgan fingerprint density at radius 3 is 3.00 bits per heavy atom. The molecule has 10 heteroatoms. The van der Waals surface area contributed by atoms with Crippen molar-refractivity contribution in [1.82, 2.24) is 24.4 Å². The highest BCUT2D eigenvalue weighted by Gasteiger charge is 2.48. The molecule has 0 bridgehead atoms. The second-order valence-electron chi connectivity index (χ2n) is 7.15. The monoisotopic (exact) mass is 385 g/mol. The molecule has 1 aromatic rings. The van der Waals surface area contributed by atoms with Crippen molar-refractivity contribution in [2.45, 2.75) is 25.8 Å². The minimum absolute atomic E-state index is 0.0181. The van der Waals surface area contributed by atoms with Gasteiger partial charge in [-0.05, 0) is 24.7 Å². The average molecular weight is 385 g/mol. The molecule has 1 aliphatic heterocycles. The third kappa shape index (κ3) is 4.24. The fourth-order valence-electron chi connectivity index (χ4n) is 3.93. The molecule has 9 nitrogen and oxygen atoms in total. The molecular weight excluding hydrogens is 358 g/mol. The van der Waals surface area contributed by atoms with Crippen LogP contribution in [0.15, 0.2) is 6.33 Å². The van der Waals surface area contributed by atoms with Gasteiger partial charge in [-0.1, -0.05) is 0 Å². The summed E-state index contributed by atoms with van der Waals surface area (Å²) in [6.07, 6.45) is 5.21. The van der Waals surface area contributed by atoms with Gasteiger partial charge in [0.1, 0.15) is 12.2 Å². The SMILES string of the molecule is COCCn1cnnc1CCNC(=O)[C@@H]1C[C@H]2CCN(S(C)(=O)=O)C[C@H]21. The first-order chi connectivity index (χ1) is 12.4. The Kier molecular flexibility index (Phi) is 5.93. The van der Waals surface area contributed by atoms with Crippen molar-refractivity contribution in [2.24, 2.45) is 17.8 Å². The second-order valence-corrected chi connectivity index (χ2v) is 9.13. The van der Waals surface area contributed by atoms with Gasteiger partial charge in [-0.25, -0.2) is 12.7 Å². The van der Waals surface area contributed by atoms with Crippen molar-refractivity contribution in [3.8, 4) is 0 Å². The van der Waals surface area contributed by atoms with E-state index in [0.29, 0.717) is 45.1 Å². The molecule has 0 unspecified atom stereocenters. The number of carbonyl (C=O) groups is 1. The highest BCUT2D eigenvalue weighted by atomic mass is 32.2. The van der Waals surface area contributed by atoms with Gasteiger partial charge in [-0.15, -0.1) is 10.2 Å². The number of nitrogens with zero attached hydrogens (tertiary/aromatic N) is 4. The topological polar surface area (TPSA) is 106 Å². The molecule has 0 spiro atoms. The molecular formula is C16H27N5O4S. The number of sulfonamides is 1. The highest BCUT2D eigenvalue weighted by Crippen LogP contribution is 2.46. The number of nitrogens with one attached hydrogen (secondary N) is 1. The predicted molar refractivity (Wildman–Crippen MR) is 94.7 cm³/mol. The Morgan fingerprint density at radius 1 is 1.46 bits per heavy atom. The molecule has 0 radical (unpaired) electrons. The zero-order chi connectivity index (χ0) is 18.7. The smallest absolute Gasteiger partial charge is 0.223 e. The van der Waals surface area contributed by atoms with Crippen LogP contribution in [0, 0.1) is 17.8 Å². The Bertz CT molecular complexity index is 735. The van der Waals surface area contributed by atoms with Crippen molar-refractivity contribution in [2.75, 3.05) is 39.6 Å². The van der Waals surface area contributed by atoms with Crippen LogP contribution in [0.4, 0.5) is 0 Å². The Morgan fingerprint density at radius 2 is 2.27 bits per heavy atom. The number of aromatic nitrogens is 3. The lowest BCUT2D eigenvalue weighted by Gasteiger charge is -2.49. The van der Waals surface area contributed by atoms with E-state index in [2.05, 4.69) is 15.5 Å². The van der Waals surface area contributed by atoms with Crippen LogP contribution < -0.4 is 5.32 Å².